The second-order valence-electron chi connectivity index (χ2n) is 9.75. The molecule has 1 atom stereocenters. The van der Waals surface area contributed by atoms with Crippen molar-refractivity contribution in [1.29, 1.82) is 0 Å². The number of rotatable bonds is 21. The first kappa shape index (κ1) is 61.5. The van der Waals surface area contributed by atoms with Gasteiger partial charge >= 0.3 is 158 Å². The van der Waals surface area contributed by atoms with E-state index in [0.717, 1.165) is 9.80 Å². The summed E-state index contributed by atoms with van der Waals surface area (Å²) in [4.78, 5) is 81.1. The molecule has 2 rings (SSSR count). The molecule has 2 aromatic rings. The van der Waals surface area contributed by atoms with E-state index in [1.54, 1.807) is 24.3 Å². The zero-order valence-corrected chi connectivity index (χ0v) is 44.6. The van der Waals surface area contributed by atoms with E-state index in [-0.39, 0.29) is 190 Å². The van der Waals surface area contributed by atoms with Crippen molar-refractivity contribution in [2.45, 2.75) is 12.5 Å². The standard InChI is InChI=1S/C25H34I2N3O14P2.Gd.4Na/c1-42-43-14-29(16-46(39,40)41)7-9-30(8-6-28(13-23(32)33)15-45(36,37)38)22(25(34)35)12-17-10-20(26)24(21(27)11-17)44-19-4-2-18(31)3-5-19;;;;;/h2-5,10-11,22,31H,1,6-9,12-16H2,(H,32,33)(H,34,35)(H2,36,37,38)(H2,39,40,41);;;;;/q-1;+3;4*+1/p-6. The van der Waals surface area contributed by atoms with Crippen LogP contribution < -0.4 is 153 Å². The minimum atomic E-state index is -5.23. The smallest absolute Gasteiger partial charge is 0.810 e. The minimum absolute atomic E-state index is 0. The van der Waals surface area contributed by atoms with Crippen molar-refractivity contribution in [3.63, 3.8) is 0 Å². The molecule has 0 spiro atoms. The second-order valence-corrected chi connectivity index (χ2v) is 15.1. The Hall–Kier alpha value is 3.86. The molecule has 0 aromatic heterocycles. The summed E-state index contributed by atoms with van der Waals surface area (Å²) in [5, 5.41) is 33.2. The van der Waals surface area contributed by atoms with Gasteiger partial charge in [0.15, 0.2) is 5.75 Å². The van der Waals surface area contributed by atoms with E-state index in [1.165, 1.54) is 17.0 Å². The first-order valence-electron chi connectivity index (χ1n) is 13.0. The van der Waals surface area contributed by atoms with Crippen LogP contribution in [-0.2, 0) is 34.9 Å². The van der Waals surface area contributed by atoms with Crippen molar-refractivity contribution in [1.82, 2.24) is 14.7 Å². The Morgan fingerprint density at radius 2 is 1.31 bits per heavy atom. The number of aromatic hydroxyl groups is 1. The van der Waals surface area contributed by atoms with Gasteiger partial charge in [-0.15, -0.1) is 0 Å². The third-order valence-corrected chi connectivity index (χ3v) is 9.18. The molecule has 0 heterocycles. The zero-order valence-electron chi connectivity index (χ0n) is 28.2. The van der Waals surface area contributed by atoms with Crippen molar-refractivity contribution in [2.75, 3.05) is 52.0 Å². The Morgan fingerprint density at radius 1 is 0.843 bits per heavy atom. The van der Waals surface area contributed by atoms with E-state index in [1.807, 2.05) is 45.2 Å². The molecule has 2 aromatic carbocycles. The summed E-state index contributed by atoms with van der Waals surface area (Å²) in [7, 11) is -7.37. The van der Waals surface area contributed by atoms with Crippen LogP contribution in [0.4, 0.5) is 0 Å². The normalized spacial score (nSPS) is 11.7. The van der Waals surface area contributed by atoms with Gasteiger partial charge < -0.3 is 63.2 Å². The summed E-state index contributed by atoms with van der Waals surface area (Å²) in [5.41, 5.74) is 0.496. The fraction of sp³-hybridized carbons (Fsp3) is 0.400. The molecular formula is C25H28GdI2N3Na4O14P2. The maximum atomic E-state index is 12.5. The Kier molecular flexibility index (Phi) is 37.2. The summed E-state index contributed by atoms with van der Waals surface area (Å²) < 4.78 is 29.9. The number of nitrogens with zero attached hydrogens (tertiary/aromatic N) is 3. The summed E-state index contributed by atoms with van der Waals surface area (Å²) in [6, 6.07) is 7.83. The molecule has 0 bridgehead atoms. The van der Waals surface area contributed by atoms with Gasteiger partial charge in [0.1, 0.15) is 18.2 Å². The monoisotopic (exact) mass is 1160 g/mol. The molecule has 0 aliphatic heterocycles. The molecule has 26 heteroatoms. The Bertz CT molecular complexity index is 1410. The fourth-order valence-corrected chi connectivity index (χ4v) is 7.73. The Morgan fingerprint density at radius 3 is 1.75 bits per heavy atom. The van der Waals surface area contributed by atoms with Gasteiger partial charge in [-0.05, 0) is 93.6 Å². The van der Waals surface area contributed by atoms with Crippen LogP contribution in [0.1, 0.15) is 5.56 Å². The van der Waals surface area contributed by atoms with Crippen LogP contribution in [0.25, 0.3) is 0 Å². The van der Waals surface area contributed by atoms with Crippen LogP contribution >= 0.6 is 60.4 Å². The van der Waals surface area contributed by atoms with Gasteiger partial charge in [-0.3, -0.25) is 19.6 Å². The molecule has 263 valence electrons. The van der Waals surface area contributed by atoms with Crippen molar-refractivity contribution >= 4 is 72.3 Å². The number of carboxylic acids is 2. The molecule has 51 heavy (non-hydrogen) atoms. The number of carbonyl (C=O) groups excluding carboxylic acids is 2. The Balaban J connectivity index is -0.00000221. The van der Waals surface area contributed by atoms with E-state index >= 15 is 0 Å². The summed E-state index contributed by atoms with van der Waals surface area (Å²) in [6.45, 7) is -2.84. The van der Waals surface area contributed by atoms with Crippen molar-refractivity contribution in [3.05, 3.63) is 56.2 Å². The number of benzene rings is 2. The van der Waals surface area contributed by atoms with Gasteiger partial charge in [-0.25, -0.2) is 0 Å². The summed E-state index contributed by atoms with van der Waals surface area (Å²) in [6.07, 6.45) is -2.40. The van der Waals surface area contributed by atoms with Crippen LogP contribution in [0.2, 0.25) is 0 Å². The predicted molar refractivity (Wildman–Crippen MR) is 165 cm³/mol. The number of phenols is 1. The molecular weight excluding hydrogens is 1130 g/mol. The number of carboxylic acid groups (broad SMARTS) is 2. The largest absolute Gasteiger partial charge is 3.00 e. The molecule has 0 amide bonds. The maximum absolute atomic E-state index is 12.5. The average Bonchev–Trinajstić information content (AvgIpc) is 2.91. The molecule has 1 radical (unpaired) electrons. The van der Waals surface area contributed by atoms with Gasteiger partial charge in [-0.2, -0.15) is 7.11 Å². The van der Waals surface area contributed by atoms with Crippen LogP contribution in [-0.4, -0.2) is 89.8 Å². The SMILES string of the molecule is [CH2-]OOCN(CCN(CCN(CC(=O)[O-])CP(=O)([O-])[O-])C(Cc1cc(I)c(Oc2ccc(O)cc2)c(I)c1)C(=O)[O-])CP(=O)([O-])[O-].[Gd+3].[Na+].[Na+].[Na+].[Na+]. The van der Waals surface area contributed by atoms with E-state index in [0.29, 0.717) is 24.2 Å². The molecule has 17 nitrogen and oxygen atoms in total. The van der Waals surface area contributed by atoms with Gasteiger partial charge in [0.05, 0.1) is 25.1 Å². The van der Waals surface area contributed by atoms with E-state index in [4.69, 9.17) is 4.74 Å². The molecule has 0 aliphatic rings. The van der Waals surface area contributed by atoms with Crippen LogP contribution in [0.15, 0.2) is 36.4 Å². The first-order chi connectivity index (χ1) is 21.4. The fourth-order valence-electron chi connectivity index (χ4n) is 4.17. The zero-order chi connectivity index (χ0) is 34.7. The number of ether oxygens (including phenoxy) is 1. The van der Waals surface area contributed by atoms with E-state index in [2.05, 4.69) is 16.9 Å². The quantitative estimate of drug-likeness (QED) is 0.0231. The van der Waals surface area contributed by atoms with Crippen molar-refractivity contribution in [3.8, 4) is 17.2 Å². The summed E-state index contributed by atoms with van der Waals surface area (Å²) >= 11 is 3.99. The van der Waals surface area contributed by atoms with Gasteiger partial charge in [0.2, 0.25) is 0 Å². The van der Waals surface area contributed by atoms with Gasteiger partial charge in [0.25, 0.3) is 0 Å². The van der Waals surface area contributed by atoms with E-state index in [9.17, 15) is 53.6 Å². The minimum Gasteiger partial charge on any atom is -0.810 e. The predicted octanol–water partition coefficient (Wildman–Crippen LogP) is -14.8. The topological polar surface area (TPSA) is 264 Å². The van der Waals surface area contributed by atoms with Gasteiger partial charge in [0, 0.05) is 45.3 Å². The maximum Gasteiger partial charge on any atom is 3.00 e. The molecule has 0 fully saturated rings. The number of aliphatic carboxylic acids is 2. The molecule has 1 N–H and O–H groups in total. The van der Waals surface area contributed by atoms with Crippen LogP contribution in [0.5, 0.6) is 17.2 Å². The van der Waals surface area contributed by atoms with Crippen molar-refractivity contribution in [2.24, 2.45) is 0 Å². The summed E-state index contributed by atoms with van der Waals surface area (Å²) in [5.74, 6) is -2.34. The molecule has 0 aliphatic carbocycles. The second kappa shape index (κ2) is 30.8. The number of phenolic OH excluding ortho intramolecular Hbond substituents is 1. The third kappa shape index (κ3) is 26.6. The third-order valence-electron chi connectivity index (χ3n) is 6.08. The average molecular weight is 1160 g/mol. The van der Waals surface area contributed by atoms with Crippen molar-refractivity contribution < 1.29 is 226 Å². The number of hydrogen-bond acceptors (Lipinski definition) is 17. The van der Waals surface area contributed by atoms with Gasteiger partial charge in [-0.1, -0.05) is 15.2 Å². The van der Waals surface area contributed by atoms with E-state index < -0.39 is 65.6 Å². The first-order valence-corrected chi connectivity index (χ1v) is 18.6. The molecule has 0 saturated heterocycles. The molecule has 0 saturated carbocycles. The number of halogens is 2. The Labute approximate surface area is 443 Å². The van der Waals surface area contributed by atoms with Crippen LogP contribution in [0, 0.1) is 54.2 Å². The number of hydrogen-bond donors (Lipinski definition) is 1. The van der Waals surface area contributed by atoms with Crippen LogP contribution in [0.3, 0.4) is 0 Å². The molecule has 1 unspecified atom stereocenters. The number of carbonyl (C=O) groups is 2.